The molecule has 6 nitrogen and oxygen atoms in total. The van der Waals surface area contributed by atoms with Gasteiger partial charge in [-0.15, -0.1) is 0 Å². The number of hydrogen-bond acceptors (Lipinski definition) is 5. The van der Waals surface area contributed by atoms with E-state index < -0.39 is 4.92 Å². The molecule has 0 spiro atoms. The largest absolute Gasteiger partial charge is 0.440 e. The first-order chi connectivity index (χ1) is 10.6. The summed E-state index contributed by atoms with van der Waals surface area (Å²) in [4.78, 5) is 17.0. The molecule has 1 fully saturated rings. The highest BCUT2D eigenvalue weighted by molar-refractivity contribution is 5.79. The van der Waals surface area contributed by atoms with Crippen molar-refractivity contribution in [3.8, 4) is 0 Å². The molecule has 22 heavy (non-hydrogen) atoms. The van der Waals surface area contributed by atoms with E-state index in [-0.39, 0.29) is 5.69 Å². The molecule has 0 saturated carbocycles. The van der Waals surface area contributed by atoms with Crippen LogP contribution in [-0.4, -0.2) is 24.2 Å². The van der Waals surface area contributed by atoms with Gasteiger partial charge in [0.05, 0.1) is 16.8 Å². The van der Waals surface area contributed by atoms with E-state index in [2.05, 4.69) is 9.89 Å². The van der Waals surface area contributed by atoms with Crippen LogP contribution in [-0.2, 0) is 0 Å². The molecule has 3 rings (SSSR count). The fraction of sp³-hybridized carbons (Fsp3) is 0.312. The molecule has 1 saturated heterocycles. The lowest BCUT2D eigenvalue weighted by Crippen LogP contribution is -2.16. The number of nitro groups is 1. The summed E-state index contributed by atoms with van der Waals surface area (Å²) in [6.07, 6.45) is 3.97. The SMILES string of the molecule is Cc1ccc(N=Cc2ccc(N3CCCC3)o2)cc1[N+](=O)[O-]. The van der Waals surface area contributed by atoms with Crippen LogP contribution in [0.25, 0.3) is 0 Å². The van der Waals surface area contributed by atoms with E-state index >= 15 is 0 Å². The Bertz CT molecular complexity index is 715. The van der Waals surface area contributed by atoms with Crippen molar-refractivity contribution in [2.24, 2.45) is 4.99 Å². The zero-order chi connectivity index (χ0) is 15.5. The van der Waals surface area contributed by atoms with Crippen molar-refractivity contribution >= 4 is 23.5 Å². The molecular formula is C16H17N3O3. The number of nitrogens with zero attached hydrogens (tertiary/aromatic N) is 3. The Morgan fingerprint density at radius 1 is 1.27 bits per heavy atom. The topological polar surface area (TPSA) is 71.9 Å². The predicted molar refractivity (Wildman–Crippen MR) is 85.2 cm³/mol. The second-order valence-electron chi connectivity index (χ2n) is 5.36. The summed E-state index contributed by atoms with van der Waals surface area (Å²) < 4.78 is 5.73. The summed E-state index contributed by atoms with van der Waals surface area (Å²) in [7, 11) is 0. The van der Waals surface area contributed by atoms with Gasteiger partial charge in [0.15, 0.2) is 5.88 Å². The molecule has 2 aromatic rings. The Kier molecular flexibility index (Phi) is 3.91. The molecule has 6 heteroatoms. The van der Waals surface area contributed by atoms with Gasteiger partial charge in [0.2, 0.25) is 0 Å². The molecule has 1 aliphatic heterocycles. The molecule has 0 radical (unpaired) electrons. The minimum Gasteiger partial charge on any atom is -0.440 e. The van der Waals surface area contributed by atoms with Crippen LogP contribution < -0.4 is 4.90 Å². The maximum atomic E-state index is 10.9. The first kappa shape index (κ1) is 14.3. The van der Waals surface area contributed by atoms with Crippen LogP contribution in [0.3, 0.4) is 0 Å². The van der Waals surface area contributed by atoms with Gasteiger partial charge in [0, 0.05) is 30.8 Å². The maximum absolute atomic E-state index is 10.9. The molecule has 0 atom stereocenters. The highest BCUT2D eigenvalue weighted by Gasteiger charge is 2.15. The maximum Gasteiger partial charge on any atom is 0.274 e. The lowest BCUT2D eigenvalue weighted by molar-refractivity contribution is -0.385. The molecule has 1 aromatic carbocycles. The zero-order valence-electron chi connectivity index (χ0n) is 12.4. The number of furan rings is 1. The normalized spacial score (nSPS) is 14.9. The number of benzene rings is 1. The van der Waals surface area contributed by atoms with Crippen molar-refractivity contribution in [3.05, 3.63) is 51.8 Å². The van der Waals surface area contributed by atoms with Gasteiger partial charge in [0.1, 0.15) is 5.76 Å². The minimum atomic E-state index is -0.396. The van der Waals surface area contributed by atoms with E-state index in [1.165, 1.54) is 18.9 Å². The summed E-state index contributed by atoms with van der Waals surface area (Å²) in [5, 5.41) is 10.9. The van der Waals surface area contributed by atoms with Crippen LogP contribution in [0.2, 0.25) is 0 Å². The second-order valence-corrected chi connectivity index (χ2v) is 5.36. The van der Waals surface area contributed by atoms with Crippen molar-refractivity contribution < 1.29 is 9.34 Å². The molecule has 0 N–H and O–H groups in total. The number of anilines is 1. The van der Waals surface area contributed by atoms with Crippen molar-refractivity contribution in [1.29, 1.82) is 0 Å². The van der Waals surface area contributed by atoms with Crippen LogP contribution in [0.5, 0.6) is 0 Å². The Balaban J connectivity index is 1.76. The van der Waals surface area contributed by atoms with Gasteiger partial charge in [0.25, 0.3) is 5.69 Å². The van der Waals surface area contributed by atoms with Gasteiger partial charge in [-0.3, -0.25) is 15.1 Å². The molecule has 2 heterocycles. The summed E-state index contributed by atoms with van der Waals surface area (Å²) in [5.74, 6) is 1.50. The van der Waals surface area contributed by atoms with E-state index in [9.17, 15) is 10.1 Å². The summed E-state index contributed by atoms with van der Waals surface area (Å²) >= 11 is 0. The third-order valence-electron chi connectivity index (χ3n) is 3.76. The highest BCUT2D eigenvalue weighted by Crippen LogP contribution is 2.25. The summed E-state index contributed by atoms with van der Waals surface area (Å²) in [6, 6.07) is 8.71. The molecule has 0 aliphatic carbocycles. The number of nitro benzene ring substituents is 1. The number of aryl methyl sites for hydroxylation is 1. The molecule has 1 aliphatic rings. The summed E-state index contributed by atoms with van der Waals surface area (Å²) in [6.45, 7) is 3.75. The van der Waals surface area contributed by atoms with E-state index in [4.69, 9.17) is 4.42 Å². The third kappa shape index (κ3) is 3.00. The molecular weight excluding hydrogens is 282 g/mol. The van der Waals surface area contributed by atoms with Crippen molar-refractivity contribution in [2.75, 3.05) is 18.0 Å². The highest BCUT2D eigenvalue weighted by atomic mass is 16.6. The van der Waals surface area contributed by atoms with Crippen molar-refractivity contribution in [1.82, 2.24) is 0 Å². The lowest BCUT2D eigenvalue weighted by Gasteiger charge is -2.12. The predicted octanol–water partition coefficient (Wildman–Crippen LogP) is 3.85. The minimum absolute atomic E-state index is 0.0758. The van der Waals surface area contributed by atoms with Crippen LogP contribution >= 0.6 is 0 Å². The summed E-state index contributed by atoms with van der Waals surface area (Å²) in [5.41, 5.74) is 1.24. The first-order valence-corrected chi connectivity index (χ1v) is 7.27. The molecule has 0 unspecified atom stereocenters. The van der Waals surface area contributed by atoms with Crippen LogP contribution in [0.15, 0.2) is 39.7 Å². The number of hydrogen-bond donors (Lipinski definition) is 0. The molecule has 0 amide bonds. The van der Waals surface area contributed by atoms with Crippen molar-refractivity contribution in [2.45, 2.75) is 19.8 Å². The average Bonchev–Trinajstić information content (AvgIpc) is 3.17. The van der Waals surface area contributed by atoms with Gasteiger partial charge in [-0.05, 0) is 31.9 Å². The monoisotopic (exact) mass is 299 g/mol. The van der Waals surface area contributed by atoms with Gasteiger partial charge >= 0.3 is 0 Å². The Hall–Kier alpha value is -2.63. The van der Waals surface area contributed by atoms with E-state index in [1.807, 2.05) is 12.1 Å². The van der Waals surface area contributed by atoms with E-state index in [0.29, 0.717) is 17.0 Å². The quantitative estimate of drug-likeness (QED) is 0.488. The van der Waals surface area contributed by atoms with Crippen molar-refractivity contribution in [3.63, 3.8) is 0 Å². The number of rotatable bonds is 4. The fourth-order valence-electron chi connectivity index (χ4n) is 2.53. The molecule has 114 valence electrons. The molecule has 1 aromatic heterocycles. The number of aliphatic imine (C=N–C) groups is 1. The first-order valence-electron chi connectivity index (χ1n) is 7.27. The zero-order valence-corrected chi connectivity index (χ0v) is 12.4. The standard InChI is InChI=1S/C16H17N3O3/c1-12-4-5-13(10-15(12)19(20)21)17-11-14-6-7-16(22-14)18-8-2-3-9-18/h4-7,10-11H,2-3,8-9H2,1H3. The Labute approximate surface area is 128 Å². The van der Waals surface area contributed by atoms with Gasteiger partial charge < -0.3 is 9.32 Å². The van der Waals surface area contributed by atoms with E-state index in [1.54, 1.807) is 25.3 Å². The van der Waals surface area contributed by atoms with Gasteiger partial charge in [-0.1, -0.05) is 6.07 Å². The molecule has 0 bridgehead atoms. The van der Waals surface area contributed by atoms with Crippen LogP contribution in [0.4, 0.5) is 17.3 Å². The van der Waals surface area contributed by atoms with E-state index in [0.717, 1.165) is 19.0 Å². The second kappa shape index (κ2) is 6.01. The van der Waals surface area contributed by atoms with Gasteiger partial charge in [-0.25, -0.2) is 0 Å². The van der Waals surface area contributed by atoms with Gasteiger partial charge in [-0.2, -0.15) is 0 Å². The third-order valence-corrected chi connectivity index (χ3v) is 3.76. The fourth-order valence-corrected chi connectivity index (χ4v) is 2.53. The van der Waals surface area contributed by atoms with Crippen LogP contribution in [0.1, 0.15) is 24.2 Å². The Morgan fingerprint density at radius 2 is 2.05 bits per heavy atom. The lowest BCUT2D eigenvalue weighted by atomic mass is 10.2. The van der Waals surface area contributed by atoms with Crippen LogP contribution in [0, 0.1) is 17.0 Å². The smallest absolute Gasteiger partial charge is 0.274 e. The Morgan fingerprint density at radius 3 is 2.77 bits per heavy atom. The average molecular weight is 299 g/mol.